The van der Waals surface area contributed by atoms with E-state index in [0.29, 0.717) is 17.0 Å². The molecule has 2 aromatic carbocycles. The largest absolute Gasteiger partial charge is 0.504 e. The Morgan fingerprint density at radius 2 is 1.96 bits per heavy atom. The lowest BCUT2D eigenvalue weighted by Crippen LogP contribution is -2.10. The van der Waals surface area contributed by atoms with Gasteiger partial charge in [0.05, 0.1) is 24.2 Å². The lowest BCUT2D eigenvalue weighted by molar-refractivity contribution is 0.0461. The van der Waals surface area contributed by atoms with Crippen molar-refractivity contribution >= 4 is 5.97 Å². The number of esters is 1. The van der Waals surface area contributed by atoms with Crippen molar-refractivity contribution in [1.82, 2.24) is 9.78 Å². The minimum Gasteiger partial charge on any atom is -0.504 e. The molecule has 1 heterocycles. The first-order chi connectivity index (χ1) is 13.1. The Balaban J connectivity index is 1.91. The number of para-hydroxylation sites is 2. The standard InChI is InChI=1S/C20H17N3O4/c1-13-16(11-21)17(23(22-13)14-7-4-3-5-8-14)12-27-20(25)15-9-6-10-18(26-2)19(15)24/h3-10,24H,12H2,1-2H3. The molecule has 7 heteroatoms. The monoisotopic (exact) mass is 363 g/mol. The van der Waals surface area contributed by atoms with Gasteiger partial charge in [0.15, 0.2) is 11.5 Å². The van der Waals surface area contributed by atoms with Crippen LogP contribution in [-0.4, -0.2) is 28.0 Å². The summed E-state index contributed by atoms with van der Waals surface area (Å²) in [7, 11) is 1.39. The summed E-state index contributed by atoms with van der Waals surface area (Å²) in [5.74, 6) is -0.848. The Morgan fingerprint density at radius 1 is 1.22 bits per heavy atom. The van der Waals surface area contributed by atoms with Crippen molar-refractivity contribution in [3.05, 3.63) is 71.0 Å². The predicted molar refractivity (Wildman–Crippen MR) is 96.8 cm³/mol. The molecule has 0 aliphatic rings. The van der Waals surface area contributed by atoms with Crippen LogP contribution in [0.15, 0.2) is 48.5 Å². The van der Waals surface area contributed by atoms with Crippen LogP contribution < -0.4 is 4.74 Å². The lowest BCUT2D eigenvalue weighted by atomic mass is 10.2. The van der Waals surface area contributed by atoms with Gasteiger partial charge in [0.25, 0.3) is 0 Å². The SMILES string of the molecule is COc1cccc(C(=O)OCc2c(C#N)c(C)nn2-c2ccccc2)c1O. The van der Waals surface area contributed by atoms with Crippen LogP contribution in [-0.2, 0) is 11.3 Å². The van der Waals surface area contributed by atoms with Crippen LogP contribution in [0.25, 0.3) is 5.69 Å². The number of carbonyl (C=O) groups excluding carboxylic acids is 1. The molecule has 7 nitrogen and oxygen atoms in total. The summed E-state index contributed by atoms with van der Waals surface area (Å²) in [5.41, 5.74) is 2.07. The Morgan fingerprint density at radius 3 is 2.63 bits per heavy atom. The van der Waals surface area contributed by atoms with E-state index in [1.807, 2.05) is 30.3 Å². The van der Waals surface area contributed by atoms with Crippen molar-refractivity contribution in [1.29, 1.82) is 5.26 Å². The second kappa shape index (κ2) is 7.62. The molecule has 27 heavy (non-hydrogen) atoms. The van der Waals surface area contributed by atoms with Gasteiger partial charge in [-0.1, -0.05) is 24.3 Å². The zero-order valence-corrected chi connectivity index (χ0v) is 14.8. The van der Waals surface area contributed by atoms with Crippen LogP contribution >= 0.6 is 0 Å². The van der Waals surface area contributed by atoms with Crippen molar-refractivity contribution < 1.29 is 19.4 Å². The van der Waals surface area contributed by atoms with Crippen molar-refractivity contribution in [3.8, 4) is 23.3 Å². The van der Waals surface area contributed by atoms with Crippen LogP contribution in [0, 0.1) is 18.3 Å². The normalized spacial score (nSPS) is 10.3. The van der Waals surface area contributed by atoms with Crippen LogP contribution in [0.5, 0.6) is 11.5 Å². The molecule has 1 aromatic heterocycles. The highest BCUT2D eigenvalue weighted by Crippen LogP contribution is 2.30. The molecule has 0 aliphatic carbocycles. The summed E-state index contributed by atoms with van der Waals surface area (Å²) in [6.45, 7) is 1.55. The van der Waals surface area contributed by atoms with E-state index in [2.05, 4.69) is 11.2 Å². The summed E-state index contributed by atoms with van der Waals surface area (Å²) < 4.78 is 11.9. The Bertz CT molecular complexity index is 1020. The van der Waals surface area contributed by atoms with Gasteiger partial charge in [-0.3, -0.25) is 0 Å². The average Bonchev–Trinajstić information content (AvgIpc) is 3.02. The predicted octanol–water partition coefficient (Wildman–Crippen LogP) is 3.12. The van der Waals surface area contributed by atoms with E-state index in [-0.39, 0.29) is 23.7 Å². The molecule has 3 rings (SSSR count). The third-order valence-electron chi connectivity index (χ3n) is 4.05. The van der Waals surface area contributed by atoms with Crippen LogP contribution in [0.3, 0.4) is 0 Å². The number of benzene rings is 2. The van der Waals surface area contributed by atoms with Gasteiger partial charge < -0.3 is 14.6 Å². The zero-order valence-electron chi connectivity index (χ0n) is 14.8. The number of phenolic OH excluding ortho intramolecular Hbond substituents is 1. The molecule has 0 spiro atoms. The zero-order chi connectivity index (χ0) is 19.4. The number of hydrogen-bond donors (Lipinski definition) is 1. The van der Waals surface area contributed by atoms with Crippen LogP contribution in [0.2, 0.25) is 0 Å². The van der Waals surface area contributed by atoms with E-state index in [4.69, 9.17) is 9.47 Å². The molecule has 0 amide bonds. The van der Waals surface area contributed by atoms with Gasteiger partial charge in [0.1, 0.15) is 23.8 Å². The molecule has 0 radical (unpaired) electrons. The number of rotatable bonds is 5. The van der Waals surface area contributed by atoms with E-state index in [1.165, 1.54) is 19.2 Å². The van der Waals surface area contributed by atoms with Gasteiger partial charge >= 0.3 is 5.97 Å². The fraction of sp³-hybridized carbons (Fsp3) is 0.150. The summed E-state index contributed by atoms with van der Waals surface area (Å²) in [4.78, 5) is 12.4. The van der Waals surface area contributed by atoms with E-state index < -0.39 is 5.97 Å². The van der Waals surface area contributed by atoms with Crippen molar-refractivity contribution in [2.75, 3.05) is 7.11 Å². The van der Waals surface area contributed by atoms with Gasteiger partial charge in [0.2, 0.25) is 0 Å². The van der Waals surface area contributed by atoms with E-state index >= 15 is 0 Å². The molecular weight excluding hydrogens is 346 g/mol. The maximum atomic E-state index is 12.4. The molecule has 0 aliphatic heterocycles. The van der Waals surface area contributed by atoms with E-state index in [1.54, 1.807) is 17.7 Å². The first-order valence-electron chi connectivity index (χ1n) is 8.14. The van der Waals surface area contributed by atoms with E-state index in [9.17, 15) is 15.2 Å². The molecule has 0 saturated carbocycles. The van der Waals surface area contributed by atoms with Crippen molar-refractivity contribution in [2.45, 2.75) is 13.5 Å². The fourth-order valence-electron chi connectivity index (χ4n) is 2.70. The molecule has 0 unspecified atom stereocenters. The minimum absolute atomic E-state index is 0.0182. The first-order valence-corrected chi connectivity index (χ1v) is 8.14. The summed E-state index contributed by atoms with van der Waals surface area (Å²) in [5, 5.41) is 23.9. The second-order valence-corrected chi connectivity index (χ2v) is 5.70. The number of carbonyl (C=O) groups is 1. The number of ether oxygens (including phenoxy) is 2. The molecule has 0 saturated heterocycles. The summed E-state index contributed by atoms with van der Waals surface area (Å²) in [6.07, 6.45) is 0. The van der Waals surface area contributed by atoms with E-state index in [0.717, 1.165) is 5.69 Å². The third-order valence-corrected chi connectivity index (χ3v) is 4.05. The third kappa shape index (κ3) is 3.46. The average molecular weight is 363 g/mol. The number of methoxy groups -OCH3 is 1. The molecule has 0 bridgehead atoms. The topological polar surface area (TPSA) is 97.4 Å². The Labute approximate surface area is 156 Å². The second-order valence-electron chi connectivity index (χ2n) is 5.70. The number of aryl methyl sites for hydroxylation is 1. The first kappa shape index (κ1) is 18.0. The Kier molecular flexibility index (Phi) is 5.08. The maximum Gasteiger partial charge on any atom is 0.342 e. The number of aromatic hydroxyl groups is 1. The fourth-order valence-corrected chi connectivity index (χ4v) is 2.70. The smallest absolute Gasteiger partial charge is 0.342 e. The molecule has 0 atom stereocenters. The van der Waals surface area contributed by atoms with Gasteiger partial charge in [-0.05, 0) is 31.2 Å². The maximum absolute atomic E-state index is 12.4. The molecule has 1 N–H and O–H groups in total. The van der Waals surface area contributed by atoms with Gasteiger partial charge in [-0.25, -0.2) is 9.48 Å². The summed E-state index contributed by atoms with van der Waals surface area (Å²) in [6, 6.07) is 15.9. The van der Waals surface area contributed by atoms with Gasteiger partial charge in [-0.2, -0.15) is 10.4 Å². The van der Waals surface area contributed by atoms with Crippen LogP contribution in [0.1, 0.15) is 27.3 Å². The van der Waals surface area contributed by atoms with Gasteiger partial charge in [0, 0.05) is 0 Å². The van der Waals surface area contributed by atoms with Crippen LogP contribution in [0.4, 0.5) is 0 Å². The highest BCUT2D eigenvalue weighted by atomic mass is 16.5. The van der Waals surface area contributed by atoms with Crippen molar-refractivity contribution in [3.63, 3.8) is 0 Å². The molecule has 0 fully saturated rings. The summed E-state index contributed by atoms with van der Waals surface area (Å²) >= 11 is 0. The highest BCUT2D eigenvalue weighted by Gasteiger charge is 2.20. The highest BCUT2D eigenvalue weighted by molar-refractivity contribution is 5.93. The Hall–Kier alpha value is -3.79. The molecule has 136 valence electrons. The minimum atomic E-state index is -0.728. The number of nitriles is 1. The quantitative estimate of drug-likeness (QED) is 0.700. The number of phenols is 1. The van der Waals surface area contributed by atoms with Gasteiger partial charge in [-0.15, -0.1) is 0 Å². The number of nitrogens with zero attached hydrogens (tertiary/aromatic N) is 3. The van der Waals surface area contributed by atoms with Crippen molar-refractivity contribution in [2.24, 2.45) is 0 Å². The molecule has 3 aromatic rings. The number of aromatic nitrogens is 2. The number of hydrogen-bond acceptors (Lipinski definition) is 6. The lowest BCUT2D eigenvalue weighted by Gasteiger charge is -2.11. The molecular formula is C20H17N3O4.